The molecular weight excluding hydrogens is 332 g/mol. The van der Waals surface area contributed by atoms with Crippen molar-refractivity contribution in [3.05, 3.63) is 56.6 Å². The average Bonchev–Trinajstić information content (AvgIpc) is 2.57. The van der Waals surface area contributed by atoms with Gasteiger partial charge in [-0.05, 0) is 18.2 Å². The van der Waals surface area contributed by atoms with Gasteiger partial charge < -0.3 is 20.6 Å². The lowest BCUT2D eigenvalue weighted by Gasteiger charge is -2.22. The molecule has 0 heterocycles. The molecule has 3 rings (SSSR count). The topological polar surface area (TPSA) is 150 Å². The lowest BCUT2D eigenvalue weighted by atomic mass is 9.81. The van der Waals surface area contributed by atoms with Gasteiger partial charge in [0.2, 0.25) is 11.6 Å². The van der Waals surface area contributed by atoms with Gasteiger partial charge in [-0.1, -0.05) is 0 Å². The minimum atomic E-state index is -0.893. The van der Waals surface area contributed by atoms with Crippen LogP contribution in [0.25, 0.3) is 0 Å². The first kappa shape index (κ1) is 16.4. The normalized spacial score (nSPS) is 12.5. The first-order valence-electron chi connectivity index (χ1n) is 7.19. The summed E-state index contributed by atoms with van der Waals surface area (Å²) in [6, 6.07) is 4.41. The number of benzene rings is 2. The summed E-state index contributed by atoms with van der Waals surface area (Å²) in [5.41, 5.74) is -2.10. The van der Waals surface area contributed by atoms with Crippen molar-refractivity contribution in [2.24, 2.45) is 0 Å². The van der Waals surface area contributed by atoms with Gasteiger partial charge in [-0.3, -0.25) is 19.7 Å². The smallest absolute Gasteiger partial charge is 0.281 e. The van der Waals surface area contributed by atoms with Gasteiger partial charge in [0.15, 0.2) is 0 Å². The van der Waals surface area contributed by atoms with Gasteiger partial charge in [-0.25, -0.2) is 0 Å². The third-order valence-electron chi connectivity index (χ3n) is 3.88. The molecule has 0 bridgehead atoms. The van der Waals surface area contributed by atoms with E-state index >= 15 is 0 Å². The number of hydrogen-bond acceptors (Lipinski definition) is 8. The summed E-state index contributed by atoms with van der Waals surface area (Å²) in [4.78, 5) is 36.0. The maximum absolute atomic E-state index is 12.9. The monoisotopic (exact) mass is 344 g/mol. The van der Waals surface area contributed by atoms with Gasteiger partial charge in [-0.15, -0.1) is 0 Å². The molecule has 4 N–H and O–H groups in total. The highest BCUT2D eigenvalue weighted by molar-refractivity contribution is 6.33. The van der Waals surface area contributed by atoms with Crippen LogP contribution in [0, 0.1) is 10.1 Å². The zero-order valence-electron chi connectivity index (χ0n) is 12.6. The van der Waals surface area contributed by atoms with E-state index in [1.165, 1.54) is 12.1 Å². The zero-order valence-corrected chi connectivity index (χ0v) is 12.6. The number of phenolic OH excluding ortho intramolecular Hbond substituents is 2. The second-order valence-corrected chi connectivity index (χ2v) is 5.30. The van der Waals surface area contributed by atoms with Crippen molar-refractivity contribution in [3.63, 3.8) is 0 Å². The number of nitro groups is 1. The predicted molar refractivity (Wildman–Crippen MR) is 85.3 cm³/mol. The van der Waals surface area contributed by atoms with E-state index < -0.39 is 44.8 Å². The van der Waals surface area contributed by atoms with Crippen LogP contribution < -0.4 is 5.32 Å². The Balaban J connectivity index is 2.34. The molecule has 0 aromatic heterocycles. The Bertz CT molecular complexity index is 937. The number of rotatable bonds is 4. The summed E-state index contributed by atoms with van der Waals surface area (Å²) < 4.78 is 0. The number of carbonyl (C=O) groups excluding carboxylic acids is 2. The van der Waals surface area contributed by atoms with Crippen LogP contribution in [0.1, 0.15) is 31.8 Å². The predicted octanol–water partition coefficient (Wildman–Crippen LogP) is 1.19. The van der Waals surface area contributed by atoms with Crippen LogP contribution in [0.3, 0.4) is 0 Å². The number of nitrogens with zero attached hydrogens (tertiary/aromatic N) is 1. The van der Waals surface area contributed by atoms with E-state index in [4.69, 9.17) is 5.11 Å². The summed E-state index contributed by atoms with van der Waals surface area (Å²) in [5.74, 6) is -2.84. The highest BCUT2D eigenvalue weighted by atomic mass is 16.6. The van der Waals surface area contributed by atoms with Crippen molar-refractivity contribution < 1.29 is 29.8 Å². The molecule has 0 unspecified atom stereocenters. The van der Waals surface area contributed by atoms with Crippen LogP contribution in [-0.2, 0) is 0 Å². The van der Waals surface area contributed by atoms with Crippen molar-refractivity contribution in [3.8, 4) is 11.5 Å². The quantitative estimate of drug-likeness (QED) is 0.313. The van der Waals surface area contributed by atoms with E-state index in [1.54, 1.807) is 0 Å². The van der Waals surface area contributed by atoms with Crippen molar-refractivity contribution in [2.75, 3.05) is 18.5 Å². The maximum atomic E-state index is 12.9. The van der Waals surface area contributed by atoms with Gasteiger partial charge >= 0.3 is 0 Å². The first-order valence-corrected chi connectivity index (χ1v) is 7.19. The summed E-state index contributed by atoms with van der Waals surface area (Å²) in [7, 11) is 0. The summed E-state index contributed by atoms with van der Waals surface area (Å²) in [6.07, 6.45) is 0. The Kier molecular flexibility index (Phi) is 3.85. The Morgan fingerprint density at radius 2 is 1.48 bits per heavy atom. The van der Waals surface area contributed by atoms with E-state index in [0.717, 1.165) is 12.1 Å². The molecule has 2 aromatic carbocycles. The molecule has 0 saturated heterocycles. The van der Waals surface area contributed by atoms with Crippen LogP contribution in [0.5, 0.6) is 11.5 Å². The summed E-state index contributed by atoms with van der Waals surface area (Å²) in [5, 5.41) is 42.9. The highest BCUT2D eigenvalue weighted by Crippen LogP contribution is 2.42. The Labute approximate surface area is 140 Å². The summed E-state index contributed by atoms with van der Waals surface area (Å²) >= 11 is 0. The lowest BCUT2D eigenvalue weighted by molar-refractivity contribution is -0.385. The number of aliphatic hydroxyl groups is 1. The van der Waals surface area contributed by atoms with Gasteiger partial charge in [-0.2, -0.15) is 0 Å². The molecular formula is C16H12N2O7. The SMILES string of the molecule is O=C1c2c(O)ccc(NCCO)c2C(=O)c2c([N+](=O)[O-])ccc(O)c21. The number of fused-ring (bicyclic) bond motifs is 2. The highest BCUT2D eigenvalue weighted by Gasteiger charge is 2.40. The standard InChI is InChI=1S/C16H12N2O7/c19-6-5-17-7-1-3-9(20)13-11(7)15(22)12-8(18(24)25)2-4-10(21)14(12)16(13)23/h1-4,17,19-21H,5-6H2. The van der Waals surface area contributed by atoms with Crippen LogP contribution in [0.4, 0.5) is 11.4 Å². The number of hydrogen-bond donors (Lipinski definition) is 4. The lowest BCUT2D eigenvalue weighted by Crippen LogP contribution is -2.24. The zero-order chi connectivity index (χ0) is 18.3. The second-order valence-electron chi connectivity index (χ2n) is 5.30. The molecule has 9 heteroatoms. The molecule has 0 atom stereocenters. The second kappa shape index (κ2) is 5.87. The van der Waals surface area contributed by atoms with Crippen LogP contribution in [0.2, 0.25) is 0 Å². The minimum Gasteiger partial charge on any atom is -0.507 e. The Morgan fingerprint density at radius 3 is 2.08 bits per heavy atom. The third kappa shape index (κ3) is 2.37. The molecule has 25 heavy (non-hydrogen) atoms. The molecule has 1 aliphatic rings. The molecule has 0 radical (unpaired) electrons. The molecule has 128 valence electrons. The number of phenols is 2. The van der Waals surface area contributed by atoms with E-state index in [1.807, 2.05) is 0 Å². The minimum absolute atomic E-state index is 0.0632. The van der Waals surface area contributed by atoms with Crippen LogP contribution >= 0.6 is 0 Å². The van der Waals surface area contributed by atoms with Gasteiger partial charge in [0, 0.05) is 18.3 Å². The Hall–Kier alpha value is -3.46. The fourth-order valence-corrected chi connectivity index (χ4v) is 2.84. The number of carbonyl (C=O) groups is 2. The molecule has 0 amide bonds. The number of anilines is 1. The van der Waals surface area contributed by atoms with Crippen molar-refractivity contribution in [2.45, 2.75) is 0 Å². The largest absolute Gasteiger partial charge is 0.507 e. The van der Waals surface area contributed by atoms with E-state index in [9.17, 15) is 29.9 Å². The number of aliphatic hydroxyl groups excluding tert-OH is 1. The molecule has 0 saturated carbocycles. The molecule has 0 spiro atoms. The van der Waals surface area contributed by atoms with Gasteiger partial charge in [0.1, 0.15) is 17.1 Å². The third-order valence-corrected chi connectivity index (χ3v) is 3.88. The molecule has 0 aliphatic heterocycles. The number of aromatic hydroxyl groups is 2. The maximum Gasteiger partial charge on any atom is 0.281 e. The number of ketones is 2. The van der Waals surface area contributed by atoms with Crippen molar-refractivity contribution in [1.29, 1.82) is 0 Å². The average molecular weight is 344 g/mol. The van der Waals surface area contributed by atoms with E-state index in [-0.39, 0.29) is 30.0 Å². The molecule has 1 aliphatic carbocycles. The molecule has 0 fully saturated rings. The van der Waals surface area contributed by atoms with Crippen LogP contribution in [0.15, 0.2) is 24.3 Å². The fraction of sp³-hybridized carbons (Fsp3) is 0.125. The van der Waals surface area contributed by atoms with Gasteiger partial charge in [0.25, 0.3) is 5.69 Å². The molecule has 9 nitrogen and oxygen atoms in total. The number of nitrogens with one attached hydrogen (secondary N) is 1. The van der Waals surface area contributed by atoms with Crippen LogP contribution in [-0.4, -0.2) is 45.0 Å². The van der Waals surface area contributed by atoms with Gasteiger partial charge in [0.05, 0.1) is 28.2 Å². The molecule has 2 aromatic rings. The Morgan fingerprint density at radius 1 is 0.920 bits per heavy atom. The van der Waals surface area contributed by atoms with Crippen molar-refractivity contribution >= 4 is 22.9 Å². The van der Waals surface area contributed by atoms with E-state index in [2.05, 4.69) is 5.32 Å². The number of nitro benzene ring substituents is 1. The summed E-state index contributed by atoms with van der Waals surface area (Å²) in [6.45, 7) is -0.191. The van der Waals surface area contributed by atoms with Crippen molar-refractivity contribution in [1.82, 2.24) is 0 Å². The first-order chi connectivity index (χ1) is 11.9. The fourth-order valence-electron chi connectivity index (χ4n) is 2.84. The van der Waals surface area contributed by atoms with E-state index in [0.29, 0.717) is 0 Å².